The number of hydrogen-bond donors (Lipinski definition) is 0. The molecule has 0 aliphatic heterocycles. The predicted molar refractivity (Wildman–Crippen MR) is 229 cm³/mol. The minimum absolute atomic E-state index is 0.0276. The molecule has 0 amide bonds. The Morgan fingerprint density at radius 2 is 1.17 bits per heavy atom. The predicted octanol–water partition coefficient (Wildman–Crippen LogP) is 11.3. The van der Waals surface area contributed by atoms with Crippen molar-refractivity contribution in [2.75, 3.05) is 6.61 Å². The van der Waals surface area contributed by atoms with Crippen molar-refractivity contribution in [2.45, 2.75) is 191 Å². The molecule has 11 nitrogen and oxygen atoms in total. The highest BCUT2D eigenvalue weighted by Crippen LogP contribution is 2.44. The highest BCUT2D eigenvalue weighted by atomic mass is 16.6. The van der Waals surface area contributed by atoms with Crippen molar-refractivity contribution in [1.82, 2.24) is 0 Å². The maximum absolute atomic E-state index is 13.0. The van der Waals surface area contributed by atoms with E-state index in [1.54, 1.807) is 19.1 Å². The number of esters is 3. The lowest BCUT2D eigenvalue weighted by Crippen LogP contribution is -2.37. The van der Waals surface area contributed by atoms with Gasteiger partial charge in [0.2, 0.25) is 0 Å². The number of allylic oxidation sites excluding steroid dienone is 2. The standard InChI is InChI=1S/C49H74O11/c1-10-12-14-44(37-16-17-37)55-26-25-41-21-23-43(60-41)33-57-46(53)30-48(6,7)49(8,9)31-47(54)58-36(5)15-24-45(52)56-32-42-22-20-40(59-42)19-18-39(51)29-35(4)27-34(3)28-38(50)13-11-2/h20-23,34-36H,10-19,24-33H2,1-9H3. The number of unbranched alkanes of at least 4 members (excludes halogenated alkanes) is 1. The van der Waals surface area contributed by atoms with Crippen LogP contribution in [-0.4, -0.2) is 42.2 Å². The normalized spacial score (nSPS) is 14.2. The number of hydrogen-bond acceptors (Lipinski definition) is 11. The van der Waals surface area contributed by atoms with Crippen molar-refractivity contribution in [3.05, 3.63) is 58.6 Å². The van der Waals surface area contributed by atoms with Crippen LogP contribution in [0.4, 0.5) is 0 Å². The summed E-state index contributed by atoms with van der Waals surface area (Å²) in [6, 6.07) is 7.24. The Labute approximate surface area is 359 Å². The molecule has 3 atom stereocenters. The topological polar surface area (TPSA) is 149 Å². The number of ketones is 2. The molecule has 1 saturated carbocycles. The van der Waals surface area contributed by atoms with Crippen LogP contribution in [0.25, 0.3) is 0 Å². The first kappa shape index (κ1) is 50.2. The average molecular weight is 839 g/mol. The van der Waals surface area contributed by atoms with Crippen molar-refractivity contribution in [3.8, 4) is 0 Å². The molecule has 0 radical (unpaired) electrons. The Bertz CT molecular complexity index is 1700. The fourth-order valence-corrected chi connectivity index (χ4v) is 7.22. The van der Waals surface area contributed by atoms with Crippen molar-refractivity contribution >= 4 is 29.5 Å². The SMILES string of the molecule is CCCCC(OCCc1ccc(COC(=O)CC(C)(C)C(C)(C)CC(=O)OC(C)CCC(=O)OCc2ccc(CCC(=O)CC(C)CC(C)CC(=O)CCC)o2)o1)=C1CC1. The smallest absolute Gasteiger partial charge is 0.306 e. The summed E-state index contributed by atoms with van der Waals surface area (Å²) in [5.41, 5.74) is 0.238. The fraction of sp³-hybridized carbons (Fsp3) is 0.694. The quantitative estimate of drug-likeness (QED) is 0.0406. The Hall–Kier alpha value is -4.15. The van der Waals surface area contributed by atoms with E-state index in [9.17, 15) is 24.0 Å². The van der Waals surface area contributed by atoms with Gasteiger partial charge in [-0.15, -0.1) is 0 Å². The molecule has 2 heterocycles. The van der Waals surface area contributed by atoms with E-state index in [0.717, 1.165) is 56.5 Å². The highest BCUT2D eigenvalue weighted by molar-refractivity contribution is 5.79. The van der Waals surface area contributed by atoms with Crippen LogP contribution in [0.5, 0.6) is 0 Å². The molecule has 1 fully saturated rings. The second-order valence-electron chi connectivity index (χ2n) is 18.4. The molecule has 3 unspecified atom stereocenters. The van der Waals surface area contributed by atoms with Gasteiger partial charge in [-0.2, -0.15) is 0 Å². The molecular weight excluding hydrogens is 765 g/mol. The lowest BCUT2D eigenvalue weighted by atomic mass is 9.64. The summed E-state index contributed by atoms with van der Waals surface area (Å²) in [7, 11) is 0. The molecule has 1 aliphatic carbocycles. The third-order valence-corrected chi connectivity index (χ3v) is 11.7. The maximum atomic E-state index is 13.0. The average Bonchev–Trinajstić information content (AvgIpc) is 3.73. The van der Waals surface area contributed by atoms with E-state index in [2.05, 4.69) is 20.8 Å². The third-order valence-electron chi connectivity index (χ3n) is 11.7. The van der Waals surface area contributed by atoms with Gasteiger partial charge in [0.1, 0.15) is 47.8 Å². The van der Waals surface area contributed by atoms with Crippen molar-refractivity contribution in [2.24, 2.45) is 22.7 Å². The van der Waals surface area contributed by atoms with Gasteiger partial charge < -0.3 is 27.8 Å². The molecular formula is C49H74O11. The largest absolute Gasteiger partial charge is 0.498 e. The number of aryl methyl sites for hydroxylation is 1. The summed E-state index contributed by atoms with van der Waals surface area (Å²) in [5.74, 6) is 3.34. The third kappa shape index (κ3) is 19.1. The number of carbonyl (C=O) groups is 5. The molecule has 3 rings (SSSR count). The number of rotatable bonds is 31. The molecule has 336 valence electrons. The van der Waals surface area contributed by atoms with Gasteiger partial charge in [0.05, 0.1) is 31.3 Å². The monoisotopic (exact) mass is 839 g/mol. The zero-order chi connectivity index (χ0) is 44.3. The Balaban J connectivity index is 1.30. The van der Waals surface area contributed by atoms with E-state index in [1.807, 2.05) is 46.8 Å². The van der Waals surface area contributed by atoms with Crippen LogP contribution in [0.15, 0.2) is 44.4 Å². The molecule has 1 aliphatic rings. The summed E-state index contributed by atoms with van der Waals surface area (Å²) in [6.07, 6.45) is 10.4. The molecule has 0 bridgehead atoms. The van der Waals surface area contributed by atoms with Gasteiger partial charge in [0.25, 0.3) is 0 Å². The molecule has 2 aromatic heterocycles. The van der Waals surface area contributed by atoms with Gasteiger partial charge in [-0.25, -0.2) is 0 Å². The number of carbonyl (C=O) groups excluding carboxylic acids is 5. The molecule has 2 aromatic rings. The zero-order valence-corrected chi connectivity index (χ0v) is 38.2. The van der Waals surface area contributed by atoms with Gasteiger partial charge in [0.15, 0.2) is 0 Å². The lowest BCUT2D eigenvalue weighted by Gasteiger charge is -2.40. The molecule has 0 N–H and O–H groups in total. The first-order valence-electron chi connectivity index (χ1n) is 22.4. The Kier molecular flexibility index (Phi) is 20.9. The highest BCUT2D eigenvalue weighted by Gasteiger charge is 2.41. The van der Waals surface area contributed by atoms with Gasteiger partial charge in [-0.05, 0) is 98.0 Å². The molecule has 11 heteroatoms. The van der Waals surface area contributed by atoms with E-state index >= 15 is 0 Å². The summed E-state index contributed by atoms with van der Waals surface area (Å²) in [5, 5.41) is 0. The minimum Gasteiger partial charge on any atom is -0.498 e. The van der Waals surface area contributed by atoms with Crippen LogP contribution in [0.2, 0.25) is 0 Å². The van der Waals surface area contributed by atoms with Crippen LogP contribution >= 0.6 is 0 Å². The second-order valence-corrected chi connectivity index (χ2v) is 18.4. The minimum atomic E-state index is -0.603. The Morgan fingerprint density at radius 3 is 1.73 bits per heavy atom. The van der Waals surface area contributed by atoms with Crippen LogP contribution in [-0.2, 0) is 69.0 Å². The van der Waals surface area contributed by atoms with E-state index < -0.39 is 28.9 Å². The number of furan rings is 2. The van der Waals surface area contributed by atoms with Crippen molar-refractivity contribution in [3.63, 3.8) is 0 Å². The Morgan fingerprint density at radius 1 is 0.633 bits per heavy atom. The second kappa shape index (κ2) is 24.9. The molecule has 0 saturated heterocycles. The first-order chi connectivity index (χ1) is 28.4. The van der Waals surface area contributed by atoms with Crippen molar-refractivity contribution < 1.29 is 51.8 Å². The summed E-state index contributed by atoms with van der Waals surface area (Å²) in [6.45, 7) is 18.3. The van der Waals surface area contributed by atoms with E-state index in [1.165, 1.54) is 5.57 Å². The van der Waals surface area contributed by atoms with E-state index in [0.29, 0.717) is 68.2 Å². The van der Waals surface area contributed by atoms with Crippen LogP contribution < -0.4 is 0 Å². The molecule has 60 heavy (non-hydrogen) atoms. The van der Waals surface area contributed by atoms with Gasteiger partial charge in [0, 0.05) is 51.4 Å². The van der Waals surface area contributed by atoms with Gasteiger partial charge in [-0.1, -0.05) is 61.8 Å². The zero-order valence-electron chi connectivity index (χ0n) is 38.2. The fourth-order valence-electron chi connectivity index (χ4n) is 7.22. The van der Waals surface area contributed by atoms with Crippen LogP contribution in [0.1, 0.15) is 182 Å². The van der Waals surface area contributed by atoms with Crippen LogP contribution in [0, 0.1) is 22.7 Å². The van der Waals surface area contributed by atoms with Gasteiger partial charge in [-0.3, -0.25) is 24.0 Å². The maximum Gasteiger partial charge on any atom is 0.306 e. The lowest BCUT2D eigenvalue weighted by molar-refractivity contribution is -0.158. The summed E-state index contributed by atoms with van der Waals surface area (Å²) < 4.78 is 34.3. The summed E-state index contributed by atoms with van der Waals surface area (Å²) >= 11 is 0. The summed E-state index contributed by atoms with van der Waals surface area (Å²) in [4.78, 5) is 62.9. The van der Waals surface area contributed by atoms with E-state index in [4.69, 9.17) is 27.8 Å². The first-order valence-corrected chi connectivity index (χ1v) is 22.4. The number of Topliss-reactive ketones (excluding diaryl/α,β-unsaturated/α-hetero) is 2. The van der Waals surface area contributed by atoms with Gasteiger partial charge >= 0.3 is 17.9 Å². The molecule has 0 spiro atoms. The van der Waals surface area contributed by atoms with E-state index in [-0.39, 0.29) is 62.5 Å². The number of ether oxygens (including phenoxy) is 4. The van der Waals surface area contributed by atoms with Crippen LogP contribution in [0.3, 0.4) is 0 Å². The van der Waals surface area contributed by atoms with Crippen molar-refractivity contribution in [1.29, 1.82) is 0 Å². The molecule has 0 aromatic carbocycles.